The molecule has 0 saturated carbocycles. The molecule has 1 atom stereocenters. The van der Waals surface area contributed by atoms with Crippen LogP contribution in [0.5, 0.6) is 5.75 Å². The minimum Gasteiger partial charge on any atom is -0.494 e. The Morgan fingerprint density at radius 2 is 1.85 bits per heavy atom. The topological polar surface area (TPSA) is 50.8 Å². The molecule has 5 nitrogen and oxygen atoms in total. The Bertz CT molecular complexity index is 541. The highest BCUT2D eigenvalue weighted by Crippen LogP contribution is 2.21. The van der Waals surface area contributed by atoms with Crippen LogP contribution in [0.25, 0.3) is 0 Å². The fraction of sp³-hybridized carbons (Fsp3) is 0.667. The largest absolute Gasteiger partial charge is 0.494 e. The predicted molar refractivity (Wildman–Crippen MR) is 106 cm³/mol. The molecule has 1 aromatic rings. The zero-order valence-electron chi connectivity index (χ0n) is 16.6. The van der Waals surface area contributed by atoms with Crippen LogP contribution in [-0.4, -0.2) is 49.3 Å². The van der Waals surface area contributed by atoms with Crippen LogP contribution in [0, 0.1) is 0 Å². The van der Waals surface area contributed by atoms with E-state index >= 15 is 0 Å². The maximum absolute atomic E-state index is 12.4. The van der Waals surface area contributed by atoms with Gasteiger partial charge in [0.2, 0.25) is 0 Å². The maximum Gasteiger partial charge on any atom is 0.256 e. The van der Waals surface area contributed by atoms with E-state index in [1.54, 1.807) is 0 Å². The van der Waals surface area contributed by atoms with Gasteiger partial charge in [0.15, 0.2) is 0 Å². The van der Waals surface area contributed by atoms with Crippen molar-refractivity contribution in [1.29, 1.82) is 0 Å². The van der Waals surface area contributed by atoms with Crippen molar-refractivity contribution in [2.45, 2.75) is 58.5 Å². The van der Waals surface area contributed by atoms with Crippen molar-refractivity contribution in [3.8, 4) is 5.75 Å². The average molecular weight is 363 g/mol. The molecule has 1 aliphatic rings. The van der Waals surface area contributed by atoms with Gasteiger partial charge in [-0.3, -0.25) is 4.79 Å². The maximum atomic E-state index is 12.4. The summed E-state index contributed by atoms with van der Waals surface area (Å²) in [4.78, 5) is 15.0. The molecule has 1 aliphatic heterocycles. The summed E-state index contributed by atoms with van der Waals surface area (Å²) in [5, 5.41) is 2.93. The number of likely N-dealkylation sites (tertiary alicyclic amines) is 1. The van der Waals surface area contributed by atoms with Gasteiger partial charge in [-0.05, 0) is 76.9 Å². The summed E-state index contributed by atoms with van der Waals surface area (Å²) in [5.74, 6) is 0.724. The molecule has 1 heterocycles. The fourth-order valence-electron chi connectivity index (χ4n) is 3.21. The molecule has 0 spiro atoms. The first-order valence-electron chi connectivity index (χ1n) is 9.98. The Hall–Kier alpha value is -1.59. The van der Waals surface area contributed by atoms with Crippen molar-refractivity contribution in [1.82, 2.24) is 4.90 Å². The summed E-state index contributed by atoms with van der Waals surface area (Å²) in [7, 11) is 0. The average Bonchev–Trinajstić information content (AvgIpc) is 2.67. The van der Waals surface area contributed by atoms with Crippen molar-refractivity contribution in [2.24, 2.45) is 0 Å². The number of nitrogens with one attached hydrogen (secondary N) is 1. The highest BCUT2D eigenvalue weighted by molar-refractivity contribution is 5.97. The van der Waals surface area contributed by atoms with Gasteiger partial charge in [-0.25, -0.2) is 0 Å². The number of benzene rings is 1. The van der Waals surface area contributed by atoms with E-state index in [1.807, 2.05) is 45.0 Å². The Balaban J connectivity index is 1.74. The van der Waals surface area contributed by atoms with Crippen LogP contribution in [0.3, 0.4) is 0 Å². The molecule has 26 heavy (non-hydrogen) atoms. The first-order valence-corrected chi connectivity index (χ1v) is 9.98. The van der Waals surface area contributed by atoms with Gasteiger partial charge in [0.1, 0.15) is 11.4 Å². The third kappa shape index (κ3) is 6.29. The Kier molecular flexibility index (Phi) is 8.39. The lowest BCUT2D eigenvalue weighted by Crippen LogP contribution is -2.42. The van der Waals surface area contributed by atoms with Gasteiger partial charge in [-0.2, -0.15) is 0 Å². The van der Waals surface area contributed by atoms with E-state index in [2.05, 4.69) is 10.2 Å². The van der Waals surface area contributed by atoms with Gasteiger partial charge in [-0.15, -0.1) is 0 Å². The third-order valence-electron chi connectivity index (χ3n) is 5.07. The number of carbonyl (C=O) groups is 1. The van der Waals surface area contributed by atoms with Crippen molar-refractivity contribution >= 4 is 11.6 Å². The summed E-state index contributed by atoms with van der Waals surface area (Å²) >= 11 is 0. The van der Waals surface area contributed by atoms with Crippen LogP contribution < -0.4 is 10.1 Å². The molecule has 0 radical (unpaired) electrons. The summed E-state index contributed by atoms with van der Waals surface area (Å²) in [6, 6.07) is 7.56. The monoisotopic (exact) mass is 362 g/mol. The number of anilines is 1. The minimum absolute atomic E-state index is 0.114. The highest BCUT2D eigenvalue weighted by Gasteiger charge is 2.31. The van der Waals surface area contributed by atoms with Gasteiger partial charge in [0.05, 0.1) is 6.61 Å². The van der Waals surface area contributed by atoms with Crippen molar-refractivity contribution in [2.75, 3.05) is 38.2 Å². The van der Waals surface area contributed by atoms with Gasteiger partial charge in [0.25, 0.3) is 5.91 Å². The van der Waals surface area contributed by atoms with Crippen LogP contribution in [0.15, 0.2) is 24.3 Å². The van der Waals surface area contributed by atoms with Crippen molar-refractivity contribution < 1.29 is 14.3 Å². The fourth-order valence-corrected chi connectivity index (χ4v) is 3.21. The molecule has 1 fully saturated rings. The Morgan fingerprint density at radius 3 is 2.46 bits per heavy atom. The quantitative estimate of drug-likeness (QED) is 0.637. The molecule has 2 rings (SSSR count). The minimum atomic E-state index is -0.793. The molecule has 1 unspecified atom stereocenters. The highest BCUT2D eigenvalue weighted by atomic mass is 16.5. The molecule has 0 aromatic heterocycles. The summed E-state index contributed by atoms with van der Waals surface area (Å²) < 4.78 is 11.4. The summed E-state index contributed by atoms with van der Waals surface area (Å²) in [5.41, 5.74) is -0.0340. The number of hydrogen-bond acceptors (Lipinski definition) is 4. The van der Waals surface area contributed by atoms with Crippen LogP contribution in [0.4, 0.5) is 5.69 Å². The number of ether oxygens (including phenoxy) is 2. The SMILES string of the molecule is CCOC(C)(CC)C(=O)Nc1ccc(OCCCN2CCCCC2)cc1. The zero-order chi connectivity index (χ0) is 18.8. The first kappa shape index (κ1) is 20.7. The lowest BCUT2D eigenvalue weighted by Gasteiger charge is -2.26. The number of amides is 1. The van der Waals surface area contributed by atoms with E-state index in [1.165, 1.54) is 32.4 Å². The number of carbonyl (C=O) groups excluding carboxylic acids is 1. The number of hydrogen-bond donors (Lipinski definition) is 1. The van der Waals surface area contributed by atoms with Crippen molar-refractivity contribution in [3.05, 3.63) is 24.3 Å². The Morgan fingerprint density at radius 1 is 1.15 bits per heavy atom. The molecule has 0 aliphatic carbocycles. The van der Waals surface area contributed by atoms with Gasteiger partial charge < -0.3 is 19.7 Å². The normalized spacial score (nSPS) is 17.5. The summed E-state index contributed by atoms with van der Waals surface area (Å²) in [6.07, 6.45) is 5.70. The second-order valence-electron chi connectivity index (χ2n) is 7.10. The molecular formula is C21H34N2O3. The predicted octanol–water partition coefficient (Wildman–Crippen LogP) is 4.09. The van der Waals surface area contributed by atoms with Gasteiger partial charge >= 0.3 is 0 Å². The second-order valence-corrected chi connectivity index (χ2v) is 7.10. The van der Waals surface area contributed by atoms with E-state index in [4.69, 9.17) is 9.47 Å². The lowest BCUT2D eigenvalue weighted by atomic mass is 10.0. The van der Waals surface area contributed by atoms with Gasteiger partial charge in [0, 0.05) is 18.8 Å². The van der Waals surface area contributed by atoms with E-state index in [0.717, 1.165) is 31.0 Å². The number of nitrogens with zero attached hydrogens (tertiary/aromatic N) is 1. The van der Waals surface area contributed by atoms with Crippen LogP contribution in [0.1, 0.15) is 52.9 Å². The summed E-state index contributed by atoms with van der Waals surface area (Å²) in [6.45, 7) is 10.5. The number of rotatable bonds is 10. The Labute approximate surface area is 158 Å². The molecule has 146 valence electrons. The van der Waals surface area contributed by atoms with Crippen LogP contribution >= 0.6 is 0 Å². The van der Waals surface area contributed by atoms with E-state index in [-0.39, 0.29) is 5.91 Å². The van der Waals surface area contributed by atoms with E-state index in [9.17, 15) is 4.79 Å². The smallest absolute Gasteiger partial charge is 0.256 e. The lowest BCUT2D eigenvalue weighted by molar-refractivity contribution is -0.139. The second kappa shape index (κ2) is 10.5. The van der Waals surface area contributed by atoms with Crippen LogP contribution in [-0.2, 0) is 9.53 Å². The third-order valence-corrected chi connectivity index (χ3v) is 5.07. The molecule has 1 amide bonds. The van der Waals surface area contributed by atoms with Crippen LogP contribution in [0.2, 0.25) is 0 Å². The number of piperidine rings is 1. The van der Waals surface area contributed by atoms with E-state index in [0.29, 0.717) is 13.0 Å². The molecule has 1 aromatic carbocycles. The standard InChI is InChI=1S/C21H34N2O3/c1-4-21(3,26-5-2)20(24)22-18-10-12-19(13-11-18)25-17-9-16-23-14-7-6-8-15-23/h10-13H,4-9,14-17H2,1-3H3,(H,22,24). The van der Waals surface area contributed by atoms with E-state index < -0.39 is 5.60 Å². The molecule has 1 N–H and O–H groups in total. The first-order chi connectivity index (χ1) is 12.6. The molecule has 0 bridgehead atoms. The molecular weight excluding hydrogens is 328 g/mol. The van der Waals surface area contributed by atoms with Gasteiger partial charge in [-0.1, -0.05) is 13.3 Å². The van der Waals surface area contributed by atoms with Crippen molar-refractivity contribution in [3.63, 3.8) is 0 Å². The zero-order valence-corrected chi connectivity index (χ0v) is 16.6. The molecule has 1 saturated heterocycles. The molecule has 5 heteroatoms.